The second-order valence-corrected chi connectivity index (χ2v) is 8.30. The maximum absolute atomic E-state index is 12.8. The van der Waals surface area contributed by atoms with Gasteiger partial charge >= 0.3 is 5.97 Å². The quantitative estimate of drug-likeness (QED) is 0.123. The summed E-state index contributed by atoms with van der Waals surface area (Å²) >= 11 is 0. The predicted molar refractivity (Wildman–Crippen MR) is 139 cm³/mol. The molecule has 172 valence electrons. The van der Waals surface area contributed by atoms with E-state index in [1.165, 1.54) is 6.92 Å². The van der Waals surface area contributed by atoms with Crippen LogP contribution in [-0.2, 0) is 9.63 Å². The molecule has 0 aliphatic heterocycles. The normalized spacial score (nSPS) is 11.7. The highest BCUT2D eigenvalue weighted by atomic mass is 16.7. The second kappa shape index (κ2) is 9.39. The van der Waals surface area contributed by atoms with Gasteiger partial charge in [-0.1, -0.05) is 66.7 Å². The summed E-state index contributed by atoms with van der Waals surface area (Å²) in [4.78, 5) is 29.0. The van der Waals surface area contributed by atoms with Crippen LogP contribution in [0.2, 0.25) is 0 Å². The average molecular weight is 461 g/mol. The number of hydrogen-bond acceptors (Lipinski definition) is 4. The summed E-state index contributed by atoms with van der Waals surface area (Å²) < 4.78 is 2.19. The maximum Gasteiger partial charge on any atom is 0.331 e. The first kappa shape index (κ1) is 22.3. The summed E-state index contributed by atoms with van der Waals surface area (Å²) in [5.74, 6) is -0.439. The van der Waals surface area contributed by atoms with Gasteiger partial charge in [-0.25, -0.2) is 4.79 Å². The van der Waals surface area contributed by atoms with Gasteiger partial charge in [-0.05, 0) is 48.9 Å². The van der Waals surface area contributed by atoms with Gasteiger partial charge in [0.1, 0.15) is 0 Å². The number of hydrogen-bond donors (Lipinski definition) is 0. The topological polar surface area (TPSA) is 60.7 Å². The fraction of sp³-hybridized carbons (Fsp3) is 0.100. The number of nitrogens with zero attached hydrogens (tertiary/aromatic N) is 2. The summed E-state index contributed by atoms with van der Waals surface area (Å²) in [6.45, 7) is 3.32. The number of aromatic nitrogens is 1. The van der Waals surface area contributed by atoms with Gasteiger partial charge in [0.2, 0.25) is 0 Å². The molecule has 0 spiro atoms. The molecule has 35 heavy (non-hydrogen) atoms. The Labute approximate surface area is 203 Å². The monoisotopic (exact) mass is 460 g/mol. The molecule has 0 N–H and O–H groups in total. The van der Waals surface area contributed by atoms with Crippen LogP contribution in [0.3, 0.4) is 0 Å². The van der Waals surface area contributed by atoms with Crippen LogP contribution < -0.4 is 0 Å². The molecule has 1 aromatic heterocycles. The fourth-order valence-electron chi connectivity index (χ4n) is 4.39. The van der Waals surface area contributed by atoms with E-state index < -0.39 is 5.97 Å². The molecule has 0 aliphatic rings. The number of fused-ring (bicyclic) bond motifs is 3. The van der Waals surface area contributed by atoms with Crippen LogP contribution in [0.15, 0.2) is 102 Å². The number of para-hydroxylation sites is 1. The number of carbonyl (C=O) groups is 2. The van der Waals surface area contributed by atoms with Crippen molar-refractivity contribution >= 4 is 39.3 Å². The van der Waals surface area contributed by atoms with Crippen LogP contribution in [0.25, 0.3) is 27.5 Å². The Morgan fingerprint density at radius 3 is 2.09 bits per heavy atom. The van der Waals surface area contributed by atoms with Crippen LogP contribution in [0.5, 0.6) is 0 Å². The van der Waals surface area contributed by atoms with Crippen molar-refractivity contribution < 1.29 is 14.4 Å². The minimum Gasteiger partial charge on any atom is -0.318 e. The Morgan fingerprint density at radius 2 is 1.37 bits per heavy atom. The van der Waals surface area contributed by atoms with E-state index in [2.05, 4.69) is 34.0 Å². The van der Waals surface area contributed by atoms with Gasteiger partial charge in [-0.3, -0.25) is 4.79 Å². The molecule has 5 nitrogen and oxygen atoms in total. The van der Waals surface area contributed by atoms with E-state index >= 15 is 0 Å². The molecule has 0 amide bonds. The summed E-state index contributed by atoms with van der Waals surface area (Å²) in [6.07, 6.45) is 0.633. The van der Waals surface area contributed by atoms with Crippen molar-refractivity contribution in [2.24, 2.45) is 5.16 Å². The molecule has 0 unspecified atom stereocenters. The Kier molecular flexibility index (Phi) is 5.98. The van der Waals surface area contributed by atoms with Crippen molar-refractivity contribution in [1.29, 1.82) is 0 Å². The molecule has 0 fully saturated rings. The fourth-order valence-corrected chi connectivity index (χ4v) is 4.39. The third-order valence-corrected chi connectivity index (χ3v) is 6.05. The zero-order chi connectivity index (χ0) is 24.4. The minimum atomic E-state index is -0.442. The molecule has 5 heteroatoms. The summed E-state index contributed by atoms with van der Waals surface area (Å²) in [7, 11) is 0. The van der Waals surface area contributed by atoms with Crippen molar-refractivity contribution in [3.05, 3.63) is 114 Å². The first-order valence-corrected chi connectivity index (χ1v) is 11.5. The molecule has 0 aliphatic carbocycles. The molecule has 0 radical (unpaired) electrons. The zero-order valence-corrected chi connectivity index (χ0v) is 19.6. The third-order valence-electron chi connectivity index (χ3n) is 6.05. The number of ketones is 1. The van der Waals surface area contributed by atoms with Crippen LogP contribution in [0, 0.1) is 0 Å². The van der Waals surface area contributed by atoms with E-state index in [9.17, 15) is 9.59 Å². The maximum atomic E-state index is 12.8. The van der Waals surface area contributed by atoms with Crippen molar-refractivity contribution in [2.45, 2.75) is 20.3 Å². The highest BCUT2D eigenvalue weighted by molar-refractivity contribution is 6.13. The van der Waals surface area contributed by atoms with E-state index in [0.29, 0.717) is 23.3 Å². The molecule has 1 heterocycles. The van der Waals surface area contributed by atoms with Gasteiger partial charge in [-0.2, -0.15) is 0 Å². The lowest BCUT2D eigenvalue weighted by Gasteiger charge is -2.10. The molecular formula is C30H24N2O3. The predicted octanol–water partition coefficient (Wildman–Crippen LogP) is 6.69. The van der Waals surface area contributed by atoms with Crippen molar-refractivity contribution in [2.75, 3.05) is 0 Å². The summed E-state index contributed by atoms with van der Waals surface area (Å²) in [5, 5.41) is 6.23. The SMILES string of the molecule is CC/C(=N\OC(C)=O)c1ccc2c(c1)c1ccccc1n2-c1ccc(C(=O)c2ccccc2)cc1. The van der Waals surface area contributed by atoms with E-state index in [1.54, 1.807) is 0 Å². The van der Waals surface area contributed by atoms with Crippen molar-refractivity contribution in [3.8, 4) is 5.69 Å². The van der Waals surface area contributed by atoms with Crippen LogP contribution in [-0.4, -0.2) is 22.0 Å². The van der Waals surface area contributed by atoms with Crippen LogP contribution >= 0.6 is 0 Å². The van der Waals surface area contributed by atoms with Gasteiger partial charge in [0.05, 0.1) is 16.7 Å². The third kappa shape index (κ3) is 4.24. The van der Waals surface area contributed by atoms with E-state index in [1.807, 2.05) is 79.7 Å². The van der Waals surface area contributed by atoms with Gasteiger partial charge < -0.3 is 9.40 Å². The molecular weight excluding hydrogens is 436 g/mol. The Hall–Kier alpha value is -4.51. The number of benzene rings is 4. The van der Waals surface area contributed by atoms with Crippen LogP contribution in [0.1, 0.15) is 41.8 Å². The molecule has 4 aromatic carbocycles. The molecule has 0 bridgehead atoms. The van der Waals surface area contributed by atoms with Crippen molar-refractivity contribution in [1.82, 2.24) is 4.57 Å². The first-order valence-electron chi connectivity index (χ1n) is 11.5. The second-order valence-electron chi connectivity index (χ2n) is 8.30. The zero-order valence-electron chi connectivity index (χ0n) is 19.6. The van der Waals surface area contributed by atoms with E-state index in [4.69, 9.17) is 4.84 Å². The molecule has 0 saturated carbocycles. The Bertz CT molecular complexity index is 1580. The Balaban J connectivity index is 1.61. The lowest BCUT2D eigenvalue weighted by Crippen LogP contribution is -2.03. The number of oxime groups is 1. The van der Waals surface area contributed by atoms with Gasteiger partial charge in [0.15, 0.2) is 5.78 Å². The number of rotatable bonds is 6. The van der Waals surface area contributed by atoms with E-state index in [0.717, 1.165) is 33.1 Å². The number of carbonyl (C=O) groups excluding carboxylic acids is 2. The molecule has 5 rings (SSSR count). The van der Waals surface area contributed by atoms with Gasteiger partial charge in [0, 0.05) is 40.1 Å². The smallest absolute Gasteiger partial charge is 0.318 e. The standard InChI is InChI=1S/C30H24N2O3/c1-3-27(31-35-20(2)33)23-15-18-29-26(19-23)25-11-7-8-12-28(25)32(29)24-16-13-22(14-17-24)30(34)21-9-5-4-6-10-21/h4-19H,3H2,1-2H3/b31-27+. The average Bonchev–Trinajstić information content (AvgIpc) is 3.23. The molecule has 0 atom stereocenters. The first-order chi connectivity index (χ1) is 17.1. The summed E-state index contributed by atoms with van der Waals surface area (Å²) in [6, 6.07) is 31.4. The summed E-state index contributed by atoms with van der Waals surface area (Å²) in [5.41, 5.74) is 6.02. The van der Waals surface area contributed by atoms with Crippen molar-refractivity contribution in [3.63, 3.8) is 0 Å². The lowest BCUT2D eigenvalue weighted by molar-refractivity contribution is -0.140. The highest BCUT2D eigenvalue weighted by Crippen LogP contribution is 2.33. The van der Waals surface area contributed by atoms with E-state index in [-0.39, 0.29) is 5.78 Å². The minimum absolute atomic E-state index is 0.00294. The molecule has 0 saturated heterocycles. The van der Waals surface area contributed by atoms with Gasteiger partial charge in [-0.15, -0.1) is 0 Å². The molecule has 5 aromatic rings. The highest BCUT2D eigenvalue weighted by Gasteiger charge is 2.15. The van der Waals surface area contributed by atoms with Crippen LogP contribution in [0.4, 0.5) is 0 Å². The van der Waals surface area contributed by atoms with Gasteiger partial charge in [0.25, 0.3) is 0 Å². The Morgan fingerprint density at radius 1 is 0.743 bits per heavy atom. The lowest BCUT2D eigenvalue weighted by atomic mass is 10.0. The largest absolute Gasteiger partial charge is 0.331 e.